The van der Waals surface area contributed by atoms with E-state index in [-0.39, 0.29) is 30.2 Å². The highest BCUT2D eigenvalue weighted by Gasteiger charge is 2.17. The van der Waals surface area contributed by atoms with Gasteiger partial charge >= 0.3 is 11.8 Å². The zero-order chi connectivity index (χ0) is 19.1. The van der Waals surface area contributed by atoms with Gasteiger partial charge in [0.05, 0.1) is 24.9 Å². The van der Waals surface area contributed by atoms with Crippen molar-refractivity contribution in [3.8, 4) is 11.5 Å². The molecule has 0 aliphatic heterocycles. The van der Waals surface area contributed by atoms with E-state index in [4.69, 9.17) is 21.1 Å². The van der Waals surface area contributed by atoms with Crippen molar-refractivity contribution in [1.29, 1.82) is 0 Å². The fraction of sp³-hybridized carbons (Fsp3) is 0.222. The molecule has 2 N–H and O–H groups in total. The van der Waals surface area contributed by atoms with Crippen molar-refractivity contribution in [2.24, 2.45) is 0 Å². The second-order valence-corrected chi connectivity index (χ2v) is 5.65. The molecule has 2 aromatic carbocycles. The number of methoxy groups -OCH3 is 2. The Morgan fingerprint density at radius 3 is 2.42 bits per heavy atom. The van der Waals surface area contributed by atoms with Gasteiger partial charge in [-0.15, -0.1) is 0 Å². The third-order valence-electron chi connectivity index (χ3n) is 3.57. The van der Waals surface area contributed by atoms with Crippen LogP contribution >= 0.6 is 11.6 Å². The van der Waals surface area contributed by atoms with Gasteiger partial charge in [0.25, 0.3) is 0 Å². The summed E-state index contributed by atoms with van der Waals surface area (Å²) in [4.78, 5) is 24.0. The van der Waals surface area contributed by atoms with Gasteiger partial charge in [0, 0.05) is 18.7 Å². The molecular formula is C18H18ClFN2O4. The fourth-order valence-corrected chi connectivity index (χ4v) is 2.46. The molecule has 2 aromatic rings. The van der Waals surface area contributed by atoms with Gasteiger partial charge in [-0.1, -0.05) is 29.8 Å². The number of benzene rings is 2. The van der Waals surface area contributed by atoms with Gasteiger partial charge in [-0.25, -0.2) is 4.39 Å². The van der Waals surface area contributed by atoms with Gasteiger partial charge in [0.15, 0.2) is 0 Å². The molecule has 0 aliphatic carbocycles. The number of rotatable bonds is 6. The van der Waals surface area contributed by atoms with E-state index in [1.165, 1.54) is 32.4 Å². The average molecular weight is 381 g/mol. The first-order valence-electron chi connectivity index (χ1n) is 7.70. The van der Waals surface area contributed by atoms with Crippen LogP contribution in [-0.2, 0) is 16.0 Å². The molecule has 6 nitrogen and oxygen atoms in total. The van der Waals surface area contributed by atoms with E-state index >= 15 is 0 Å². The molecule has 2 rings (SSSR count). The second-order valence-electron chi connectivity index (χ2n) is 5.24. The first-order valence-corrected chi connectivity index (χ1v) is 8.08. The maximum Gasteiger partial charge on any atom is 0.313 e. The van der Waals surface area contributed by atoms with Gasteiger partial charge in [0.2, 0.25) is 0 Å². The van der Waals surface area contributed by atoms with Crippen LogP contribution in [0.1, 0.15) is 5.56 Å². The maximum atomic E-state index is 13.5. The lowest BCUT2D eigenvalue weighted by Gasteiger charge is -2.13. The van der Waals surface area contributed by atoms with E-state index in [1.807, 2.05) is 0 Å². The summed E-state index contributed by atoms with van der Waals surface area (Å²) in [5.74, 6) is -1.49. The summed E-state index contributed by atoms with van der Waals surface area (Å²) in [5.41, 5.74) is 0.695. The molecule has 0 unspecified atom stereocenters. The highest BCUT2D eigenvalue weighted by molar-refractivity contribution is 6.40. The molecule has 26 heavy (non-hydrogen) atoms. The predicted molar refractivity (Wildman–Crippen MR) is 96.3 cm³/mol. The minimum absolute atomic E-state index is 0.119. The Bertz CT molecular complexity index is 814. The van der Waals surface area contributed by atoms with Crippen LogP contribution in [0.15, 0.2) is 36.4 Å². The Kier molecular flexibility index (Phi) is 6.80. The standard InChI is InChI=1S/C18H18ClFN2O4/c1-25-15-10-14(16(26-2)9-12(15)19)22-18(24)17(23)21-8-7-11-5-3-4-6-13(11)20/h3-6,9-10H,7-8H2,1-2H3,(H,21,23)(H,22,24). The van der Waals surface area contributed by atoms with E-state index in [1.54, 1.807) is 18.2 Å². The molecule has 2 amide bonds. The van der Waals surface area contributed by atoms with Gasteiger partial charge in [-0.2, -0.15) is 0 Å². The third kappa shape index (κ3) is 4.86. The minimum Gasteiger partial charge on any atom is -0.495 e. The van der Waals surface area contributed by atoms with Gasteiger partial charge < -0.3 is 20.1 Å². The molecule has 8 heteroatoms. The number of halogens is 2. The van der Waals surface area contributed by atoms with E-state index < -0.39 is 11.8 Å². The van der Waals surface area contributed by atoms with E-state index in [0.717, 1.165) is 0 Å². The van der Waals surface area contributed by atoms with Gasteiger partial charge in [-0.3, -0.25) is 9.59 Å². The highest BCUT2D eigenvalue weighted by Crippen LogP contribution is 2.35. The summed E-state index contributed by atoms with van der Waals surface area (Å²) >= 11 is 5.99. The number of anilines is 1. The van der Waals surface area contributed by atoms with Crippen molar-refractivity contribution in [3.63, 3.8) is 0 Å². The van der Waals surface area contributed by atoms with Crippen molar-refractivity contribution in [2.45, 2.75) is 6.42 Å². The summed E-state index contributed by atoms with van der Waals surface area (Å²) in [5, 5.41) is 5.18. The topological polar surface area (TPSA) is 76.7 Å². The van der Waals surface area contributed by atoms with Crippen LogP contribution < -0.4 is 20.1 Å². The minimum atomic E-state index is -0.888. The third-order valence-corrected chi connectivity index (χ3v) is 3.86. The number of carbonyl (C=O) groups is 2. The van der Waals surface area contributed by atoms with Crippen LogP contribution in [0.5, 0.6) is 11.5 Å². The number of hydrogen-bond acceptors (Lipinski definition) is 4. The molecule has 0 bridgehead atoms. The van der Waals surface area contributed by atoms with E-state index in [9.17, 15) is 14.0 Å². The molecule has 0 spiro atoms. The Hall–Kier alpha value is -2.80. The van der Waals surface area contributed by atoms with Crippen LogP contribution in [0.25, 0.3) is 0 Å². The lowest BCUT2D eigenvalue weighted by Crippen LogP contribution is -2.36. The molecule has 0 radical (unpaired) electrons. The molecule has 0 fully saturated rings. The Labute approximate surface area is 155 Å². The zero-order valence-corrected chi connectivity index (χ0v) is 15.0. The van der Waals surface area contributed by atoms with Crippen LogP contribution in [-0.4, -0.2) is 32.6 Å². The van der Waals surface area contributed by atoms with Crippen LogP contribution in [0.4, 0.5) is 10.1 Å². The molecule has 0 aliphatic rings. The van der Waals surface area contributed by atoms with Crippen molar-refractivity contribution >= 4 is 29.1 Å². The summed E-state index contributed by atoms with van der Waals surface area (Å²) in [7, 11) is 2.83. The smallest absolute Gasteiger partial charge is 0.313 e. The van der Waals surface area contributed by atoms with Crippen molar-refractivity contribution < 1.29 is 23.5 Å². The summed E-state index contributed by atoms with van der Waals surface area (Å²) in [6.07, 6.45) is 0.268. The van der Waals surface area contributed by atoms with E-state index in [0.29, 0.717) is 16.3 Å². The molecule has 0 saturated carbocycles. The number of ether oxygens (including phenoxy) is 2. The second kappa shape index (κ2) is 9.05. The van der Waals surface area contributed by atoms with Crippen LogP contribution in [0, 0.1) is 5.82 Å². The number of hydrogen-bond donors (Lipinski definition) is 2. The Morgan fingerprint density at radius 1 is 1.08 bits per heavy atom. The van der Waals surface area contributed by atoms with E-state index in [2.05, 4.69) is 10.6 Å². The largest absolute Gasteiger partial charge is 0.495 e. The van der Waals surface area contributed by atoms with Crippen molar-refractivity contribution in [1.82, 2.24) is 5.32 Å². The first kappa shape index (κ1) is 19.5. The summed E-state index contributed by atoms with van der Waals surface area (Å²) in [6.45, 7) is 0.119. The molecule has 0 heterocycles. The average Bonchev–Trinajstić information content (AvgIpc) is 2.64. The van der Waals surface area contributed by atoms with Crippen molar-refractivity contribution in [2.75, 3.05) is 26.1 Å². The number of nitrogens with one attached hydrogen (secondary N) is 2. The quantitative estimate of drug-likeness (QED) is 0.755. The Morgan fingerprint density at radius 2 is 1.77 bits per heavy atom. The molecular weight excluding hydrogens is 363 g/mol. The monoisotopic (exact) mass is 380 g/mol. The normalized spacial score (nSPS) is 10.2. The number of amides is 2. The lowest BCUT2D eigenvalue weighted by atomic mass is 10.1. The maximum absolute atomic E-state index is 13.5. The lowest BCUT2D eigenvalue weighted by molar-refractivity contribution is -0.136. The Balaban J connectivity index is 1.97. The van der Waals surface area contributed by atoms with Crippen molar-refractivity contribution in [3.05, 3.63) is 52.8 Å². The van der Waals surface area contributed by atoms with Gasteiger partial charge in [-0.05, 0) is 18.1 Å². The predicted octanol–water partition coefficient (Wildman–Crippen LogP) is 2.79. The highest BCUT2D eigenvalue weighted by atomic mass is 35.5. The van der Waals surface area contributed by atoms with Crippen LogP contribution in [0.3, 0.4) is 0 Å². The molecule has 0 saturated heterocycles. The van der Waals surface area contributed by atoms with Gasteiger partial charge in [0.1, 0.15) is 17.3 Å². The summed E-state index contributed by atoms with van der Waals surface area (Å²) in [6, 6.07) is 9.15. The summed E-state index contributed by atoms with van der Waals surface area (Å²) < 4.78 is 23.7. The first-order chi connectivity index (χ1) is 12.5. The fourth-order valence-electron chi connectivity index (χ4n) is 2.23. The molecule has 138 valence electrons. The SMILES string of the molecule is COc1cc(NC(=O)C(=O)NCCc2ccccc2F)c(OC)cc1Cl. The molecule has 0 aromatic heterocycles. The van der Waals surface area contributed by atoms with Crippen LogP contribution in [0.2, 0.25) is 5.02 Å². The number of carbonyl (C=O) groups excluding carboxylic acids is 2. The zero-order valence-electron chi connectivity index (χ0n) is 14.3. The molecule has 0 atom stereocenters.